The molecule has 0 saturated heterocycles. The molecule has 0 saturated carbocycles. The van der Waals surface area contributed by atoms with E-state index in [1.165, 1.54) is 0 Å². The molecule has 0 amide bonds. The van der Waals surface area contributed by atoms with E-state index in [2.05, 4.69) is 76.6 Å². The van der Waals surface area contributed by atoms with E-state index < -0.39 is 20.5 Å². The van der Waals surface area contributed by atoms with Gasteiger partial charge in [0.15, 0.2) is 0 Å². The van der Waals surface area contributed by atoms with Gasteiger partial charge in [-0.1, -0.05) is 78.9 Å². The van der Waals surface area contributed by atoms with Crippen LogP contribution in [0.2, 0.25) is 0 Å². The fourth-order valence-electron chi connectivity index (χ4n) is 4.02. The van der Waals surface area contributed by atoms with Crippen molar-refractivity contribution in [1.29, 1.82) is 0 Å². The Bertz CT molecular complexity index is 1450. The molecule has 5 rings (SSSR count). The second-order valence-corrected chi connectivity index (χ2v) is 10.5. The number of aromatic nitrogens is 3. The SMILES string of the molecule is CO.CO.CO.CO.CO.[Mn+2].[O-][Cl+3]([O-])([O-])[O-].[O-][Cl+3]([O-])([O-])[O-].c1ccc(-c2cccc(CN(Cc3ccccn3)Cc3cccc(-c4ccccc4)n3)n2)cc1. The van der Waals surface area contributed by atoms with Gasteiger partial charge in [0.25, 0.3) is 0 Å². The molecule has 3 aromatic heterocycles. The summed E-state index contributed by atoms with van der Waals surface area (Å²) in [6, 6.07) is 39.1. The normalized spacial score (nSPS) is 9.51. The number of pyridine rings is 3. The Labute approximate surface area is 335 Å². The molecule has 0 aliphatic heterocycles. The minimum atomic E-state index is -4.94. The molecule has 0 aliphatic carbocycles. The molecule has 0 unspecified atom stereocenters. The summed E-state index contributed by atoms with van der Waals surface area (Å²) in [5, 5.41) is 35.0. The maximum absolute atomic E-state index is 8.49. The predicted octanol–water partition coefficient (Wildman–Crippen LogP) is -5.06. The van der Waals surface area contributed by atoms with Gasteiger partial charge in [0.2, 0.25) is 0 Å². The van der Waals surface area contributed by atoms with Crippen molar-refractivity contribution >= 4 is 0 Å². The molecule has 0 aliphatic rings. The zero-order chi connectivity index (χ0) is 42.0. The summed E-state index contributed by atoms with van der Waals surface area (Å²) in [5.74, 6) is 0. The Morgan fingerprint density at radius 1 is 0.418 bits per heavy atom. The van der Waals surface area contributed by atoms with E-state index in [-0.39, 0.29) is 17.1 Å². The van der Waals surface area contributed by atoms with Gasteiger partial charge < -0.3 is 25.5 Å². The summed E-state index contributed by atoms with van der Waals surface area (Å²) < 4.78 is 67.9. The Balaban J connectivity index is -0.000000526. The molecule has 0 atom stereocenters. The zero-order valence-corrected chi connectivity index (χ0v) is 33.3. The van der Waals surface area contributed by atoms with Gasteiger partial charge in [-0.15, -0.1) is 20.5 Å². The summed E-state index contributed by atoms with van der Waals surface area (Å²) in [6.45, 7) is 2.12. The first-order valence-corrected chi connectivity index (χ1v) is 17.4. The summed E-state index contributed by atoms with van der Waals surface area (Å²) in [4.78, 5) is 16.8. The second kappa shape index (κ2) is 36.1. The van der Waals surface area contributed by atoms with Crippen molar-refractivity contribution in [3.8, 4) is 22.5 Å². The topological polar surface area (TPSA) is 328 Å². The second-order valence-electron chi connectivity index (χ2n) is 8.98. The van der Waals surface area contributed by atoms with Crippen LogP contribution in [0.15, 0.2) is 121 Å². The van der Waals surface area contributed by atoms with Crippen molar-refractivity contribution < 1.29 is 100 Å². The minimum Gasteiger partial charge on any atom is -0.400 e. The fraction of sp³-hybridized carbons (Fsp3) is 0.229. The molecule has 0 fully saturated rings. The Morgan fingerprint density at radius 2 is 0.709 bits per heavy atom. The van der Waals surface area contributed by atoms with Crippen LogP contribution in [0.5, 0.6) is 0 Å². The number of hydrogen-bond acceptors (Lipinski definition) is 17. The Kier molecular flexibility index (Phi) is 38.2. The van der Waals surface area contributed by atoms with Crippen molar-refractivity contribution in [2.75, 3.05) is 35.5 Å². The summed E-state index contributed by atoms with van der Waals surface area (Å²) in [5.41, 5.74) is 7.30. The van der Waals surface area contributed by atoms with Crippen LogP contribution >= 0.6 is 0 Å². The van der Waals surface area contributed by atoms with Crippen molar-refractivity contribution in [3.05, 3.63) is 139 Å². The number of hydrogen-bond donors (Lipinski definition) is 5. The number of rotatable bonds is 8. The molecule has 1 radical (unpaired) electrons. The molecule has 0 bridgehead atoms. The summed E-state index contributed by atoms with van der Waals surface area (Å²) in [6.07, 6.45) is 1.84. The van der Waals surface area contributed by atoms with Gasteiger partial charge >= 0.3 is 17.1 Å². The van der Waals surface area contributed by atoms with Crippen molar-refractivity contribution in [2.45, 2.75) is 19.6 Å². The van der Waals surface area contributed by atoms with E-state index >= 15 is 0 Å². The van der Waals surface area contributed by atoms with Crippen LogP contribution in [0, 0.1) is 20.5 Å². The van der Waals surface area contributed by atoms with E-state index in [0.29, 0.717) is 13.1 Å². The average Bonchev–Trinajstić information content (AvgIpc) is 3.19. The van der Waals surface area contributed by atoms with Crippen LogP contribution in [0.25, 0.3) is 22.5 Å². The van der Waals surface area contributed by atoms with Crippen LogP contribution in [-0.4, -0.2) is 80.9 Å². The number of nitrogens with zero attached hydrogens (tertiary/aromatic N) is 4. The average molecular weight is 857 g/mol. The van der Waals surface area contributed by atoms with Gasteiger partial charge in [-0.05, 0) is 36.4 Å². The first kappa shape index (κ1) is 58.1. The van der Waals surface area contributed by atoms with Crippen LogP contribution in [0.3, 0.4) is 0 Å². The van der Waals surface area contributed by atoms with Crippen molar-refractivity contribution in [2.24, 2.45) is 0 Å². The minimum absolute atomic E-state index is 0. The molecule has 55 heavy (non-hydrogen) atoms. The molecule has 3 heterocycles. The molecular formula is C35H46Cl2MnN4O13. The first-order valence-electron chi connectivity index (χ1n) is 15.0. The van der Waals surface area contributed by atoms with Crippen LogP contribution in [0.4, 0.5) is 0 Å². The summed E-state index contributed by atoms with van der Waals surface area (Å²) in [7, 11) is -4.89. The third-order valence-electron chi connectivity index (χ3n) is 5.64. The maximum atomic E-state index is 8.49. The van der Waals surface area contributed by atoms with Crippen molar-refractivity contribution in [3.63, 3.8) is 0 Å². The predicted molar refractivity (Wildman–Crippen MR) is 177 cm³/mol. The Morgan fingerprint density at radius 3 is 1.02 bits per heavy atom. The molecule has 2 aromatic carbocycles. The molecule has 0 spiro atoms. The van der Waals surface area contributed by atoms with E-state index in [4.69, 9.17) is 72.8 Å². The number of benzene rings is 2. The van der Waals surface area contributed by atoms with Crippen LogP contribution in [-0.2, 0) is 36.7 Å². The number of halogens is 2. The third kappa shape index (κ3) is 32.4. The zero-order valence-electron chi connectivity index (χ0n) is 30.6. The molecular weight excluding hydrogens is 810 g/mol. The summed E-state index contributed by atoms with van der Waals surface area (Å²) >= 11 is 0. The fourth-order valence-corrected chi connectivity index (χ4v) is 4.02. The standard InChI is InChI=1S/C30H26N4.5CH4O.2ClHO4.Mn/c1-3-11-24(12-4-1)29-18-9-16-27(32-29)22-34(21-26-15-7-8-20-31-26)23-28-17-10-19-30(33-28)25-13-5-2-6-14-25;5*1-2;2*2-1(3,4)5;/h1-20H,21-23H2;5*2H,1H3;2*(H,2,3,4,5);/q;;;;;;;;+2/p-2. The van der Waals surface area contributed by atoms with Gasteiger partial charge in [-0.2, -0.15) is 0 Å². The van der Waals surface area contributed by atoms with Crippen molar-refractivity contribution in [1.82, 2.24) is 19.9 Å². The van der Waals surface area contributed by atoms with Gasteiger partial charge in [0, 0.05) is 72.5 Å². The molecule has 5 N–H and O–H groups in total. The maximum Gasteiger partial charge on any atom is 2.00 e. The van der Waals surface area contributed by atoms with Crippen LogP contribution in [0.1, 0.15) is 17.1 Å². The van der Waals surface area contributed by atoms with Gasteiger partial charge in [0.05, 0.1) is 28.5 Å². The van der Waals surface area contributed by atoms with Crippen LogP contribution < -0.4 is 37.3 Å². The van der Waals surface area contributed by atoms with E-state index in [0.717, 1.165) is 81.7 Å². The van der Waals surface area contributed by atoms with E-state index in [1.54, 1.807) is 0 Å². The number of aliphatic hydroxyl groups excluding tert-OH is 5. The Hall–Kier alpha value is -3.57. The first-order chi connectivity index (χ1) is 25.8. The smallest absolute Gasteiger partial charge is 0.400 e. The molecule has 20 heteroatoms. The third-order valence-corrected chi connectivity index (χ3v) is 5.64. The quantitative estimate of drug-likeness (QED) is 0.0912. The van der Waals surface area contributed by atoms with Gasteiger partial charge in [-0.3, -0.25) is 19.9 Å². The molecule has 305 valence electrons. The van der Waals surface area contributed by atoms with Gasteiger partial charge in [0.1, 0.15) is 0 Å². The van der Waals surface area contributed by atoms with E-state index in [1.807, 2.05) is 54.7 Å². The van der Waals surface area contributed by atoms with Gasteiger partial charge in [-0.25, -0.2) is 37.3 Å². The van der Waals surface area contributed by atoms with E-state index in [9.17, 15) is 0 Å². The molecule has 5 aromatic rings. The monoisotopic (exact) mass is 855 g/mol. The number of aliphatic hydroxyl groups is 5. The largest absolute Gasteiger partial charge is 2.00 e. The molecule has 17 nitrogen and oxygen atoms in total.